The topological polar surface area (TPSA) is 66.6 Å². The Morgan fingerprint density at radius 2 is 2.25 bits per heavy atom. The summed E-state index contributed by atoms with van der Waals surface area (Å²) in [5, 5.41) is 8.92. The number of hydrogen-bond acceptors (Lipinski definition) is 3. The highest BCUT2D eigenvalue weighted by molar-refractivity contribution is 5.79. The third kappa shape index (κ3) is 3.46. The summed E-state index contributed by atoms with van der Waals surface area (Å²) in [6, 6.07) is -0.0919. The second-order valence-electron chi connectivity index (χ2n) is 4.95. The van der Waals surface area contributed by atoms with Crippen LogP contribution in [0.25, 0.3) is 0 Å². The van der Waals surface area contributed by atoms with Gasteiger partial charge in [0.25, 0.3) is 0 Å². The van der Waals surface area contributed by atoms with Crippen LogP contribution in [-0.2, 0) is 4.79 Å². The van der Waals surface area contributed by atoms with Gasteiger partial charge in [-0.15, -0.1) is 0 Å². The molecule has 1 aliphatic heterocycles. The number of amides is 1. The molecule has 0 aliphatic carbocycles. The summed E-state index contributed by atoms with van der Waals surface area (Å²) < 4.78 is 0. The van der Waals surface area contributed by atoms with Gasteiger partial charge in [0.2, 0.25) is 5.91 Å². The van der Waals surface area contributed by atoms with E-state index >= 15 is 0 Å². The van der Waals surface area contributed by atoms with Gasteiger partial charge < -0.3 is 15.7 Å². The van der Waals surface area contributed by atoms with Crippen molar-refractivity contribution < 1.29 is 9.90 Å². The fourth-order valence-corrected chi connectivity index (χ4v) is 2.20. The van der Waals surface area contributed by atoms with Crippen molar-refractivity contribution in [2.45, 2.75) is 39.2 Å². The van der Waals surface area contributed by atoms with Crippen LogP contribution in [0.4, 0.5) is 0 Å². The van der Waals surface area contributed by atoms with Crippen molar-refractivity contribution >= 4 is 5.91 Å². The molecule has 1 heterocycles. The van der Waals surface area contributed by atoms with E-state index < -0.39 is 0 Å². The maximum Gasteiger partial charge on any atom is 0.226 e. The Morgan fingerprint density at radius 1 is 1.56 bits per heavy atom. The maximum atomic E-state index is 12.1. The minimum Gasteiger partial charge on any atom is -0.396 e. The van der Waals surface area contributed by atoms with Crippen molar-refractivity contribution in [3.8, 4) is 0 Å². The lowest BCUT2D eigenvalue weighted by Crippen LogP contribution is -2.46. The van der Waals surface area contributed by atoms with E-state index in [9.17, 15) is 4.79 Å². The molecule has 0 aromatic rings. The van der Waals surface area contributed by atoms with Crippen molar-refractivity contribution in [1.29, 1.82) is 0 Å². The number of hydrogen-bond donors (Lipinski definition) is 2. The summed E-state index contributed by atoms with van der Waals surface area (Å²) in [6.07, 6.45) is 2.97. The van der Waals surface area contributed by atoms with E-state index in [4.69, 9.17) is 10.8 Å². The molecule has 0 saturated carbocycles. The van der Waals surface area contributed by atoms with Crippen LogP contribution < -0.4 is 5.73 Å². The Bertz CT molecular complexity index is 229. The number of likely N-dealkylation sites (tertiary alicyclic amines) is 1. The van der Waals surface area contributed by atoms with Crippen LogP contribution in [0.15, 0.2) is 0 Å². The van der Waals surface area contributed by atoms with Crippen LogP contribution in [0.5, 0.6) is 0 Å². The summed E-state index contributed by atoms with van der Waals surface area (Å²) >= 11 is 0. The van der Waals surface area contributed by atoms with Crippen molar-refractivity contribution in [2.24, 2.45) is 17.6 Å². The molecule has 1 amide bonds. The predicted octanol–water partition coefficient (Wildman–Crippen LogP) is 0.591. The number of rotatable bonds is 4. The number of nitrogens with zero attached hydrogens (tertiary/aromatic N) is 1. The van der Waals surface area contributed by atoms with E-state index in [0.717, 1.165) is 32.4 Å². The molecule has 0 aromatic carbocycles. The Morgan fingerprint density at radius 3 is 2.81 bits per heavy atom. The van der Waals surface area contributed by atoms with Gasteiger partial charge in [-0.3, -0.25) is 4.79 Å². The highest BCUT2D eigenvalue weighted by atomic mass is 16.3. The molecule has 1 rings (SSSR count). The zero-order valence-electron chi connectivity index (χ0n) is 10.4. The van der Waals surface area contributed by atoms with Gasteiger partial charge in [0, 0.05) is 25.7 Å². The molecule has 3 N–H and O–H groups in total. The number of aliphatic hydroxyl groups excluding tert-OH is 1. The van der Waals surface area contributed by atoms with Gasteiger partial charge in [-0.05, 0) is 32.1 Å². The summed E-state index contributed by atoms with van der Waals surface area (Å²) in [5.41, 5.74) is 5.75. The van der Waals surface area contributed by atoms with Gasteiger partial charge in [-0.1, -0.05) is 6.92 Å². The quantitative estimate of drug-likeness (QED) is 0.740. The Labute approximate surface area is 97.8 Å². The van der Waals surface area contributed by atoms with Gasteiger partial charge in [0.1, 0.15) is 0 Å². The number of aliphatic hydroxyl groups is 1. The third-order valence-corrected chi connectivity index (χ3v) is 3.55. The van der Waals surface area contributed by atoms with Crippen LogP contribution in [0, 0.1) is 11.8 Å². The van der Waals surface area contributed by atoms with Crippen molar-refractivity contribution in [1.82, 2.24) is 4.90 Å². The molecule has 1 aliphatic rings. The first-order valence-corrected chi connectivity index (χ1v) is 6.21. The summed E-state index contributed by atoms with van der Waals surface area (Å²) in [5.74, 6) is 0.522. The molecule has 3 atom stereocenters. The fourth-order valence-electron chi connectivity index (χ4n) is 2.20. The van der Waals surface area contributed by atoms with Crippen molar-refractivity contribution in [2.75, 3.05) is 19.7 Å². The second kappa shape index (κ2) is 6.21. The van der Waals surface area contributed by atoms with E-state index in [1.165, 1.54) is 0 Å². The first kappa shape index (κ1) is 13.5. The number of carbonyl (C=O) groups is 1. The number of nitrogens with two attached hydrogens (primary N) is 1. The smallest absolute Gasteiger partial charge is 0.226 e. The molecule has 4 heteroatoms. The first-order valence-electron chi connectivity index (χ1n) is 6.21. The molecule has 16 heavy (non-hydrogen) atoms. The Hall–Kier alpha value is -0.610. The Balaban J connectivity index is 2.49. The van der Waals surface area contributed by atoms with Crippen LogP contribution in [0.3, 0.4) is 0 Å². The molecule has 0 spiro atoms. The summed E-state index contributed by atoms with van der Waals surface area (Å²) in [7, 11) is 0. The molecule has 1 fully saturated rings. The standard InChI is InChI=1S/C12H24N2O2/c1-9(10(2)13)12(16)14-6-3-4-11(8-14)5-7-15/h9-11,15H,3-8,13H2,1-2H3. The molecule has 94 valence electrons. The molecular weight excluding hydrogens is 204 g/mol. The third-order valence-electron chi connectivity index (χ3n) is 3.55. The van der Waals surface area contributed by atoms with Gasteiger partial charge >= 0.3 is 0 Å². The molecule has 0 bridgehead atoms. The van der Waals surface area contributed by atoms with Gasteiger partial charge in [-0.2, -0.15) is 0 Å². The highest BCUT2D eigenvalue weighted by Gasteiger charge is 2.27. The Kier molecular flexibility index (Phi) is 5.22. The number of piperidine rings is 1. The van der Waals surface area contributed by atoms with E-state index in [1.54, 1.807) is 0 Å². The first-order chi connectivity index (χ1) is 7.56. The summed E-state index contributed by atoms with van der Waals surface area (Å²) in [4.78, 5) is 14.0. The maximum absolute atomic E-state index is 12.1. The van der Waals surface area contributed by atoms with Crippen LogP contribution >= 0.6 is 0 Å². The highest BCUT2D eigenvalue weighted by Crippen LogP contribution is 2.21. The van der Waals surface area contributed by atoms with Gasteiger partial charge in [-0.25, -0.2) is 0 Å². The lowest BCUT2D eigenvalue weighted by molar-refractivity contribution is -0.137. The largest absolute Gasteiger partial charge is 0.396 e. The zero-order chi connectivity index (χ0) is 12.1. The minimum absolute atomic E-state index is 0.0919. The summed E-state index contributed by atoms with van der Waals surface area (Å²) in [6.45, 7) is 5.62. The second-order valence-corrected chi connectivity index (χ2v) is 4.95. The molecular formula is C12H24N2O2. The van der Waals surface area contributed by atoms with Gasteiger partial charge in [0.05, 0.1) is 5.92 Å². The van der Waals surface area contributed by atoms with Crippen LogP contribution in [-0.4, -0.2) is 41.7 Å². The lowest BCUT2D eigenvalue weighted by Gasteiger charge is -2.34. The van der Waals surface area contributed by atoms with Gasteiger partial charge in [0.15, 0.2) is 0 Å². The monoisotopic (exact) mass is 228 g/mol. The molecule has 0 aromatic heterocycles. The predicted molar refractivity (Wildman–Crippen MR) is 63.8 cm³/mol. The number of carbonyl (C=O) groups excluding carboxylic acids is 1. The average Bonchev–Trinajstić information content (AvgIpc) is 2.28. The zero-order valence-corrected chi connectivity index (χ0v) is 10.4. The van der Waals surface area contributed by atoms with Crippen LogP contribution in [0.2, 0.25) is 0 Å². The van der Waals surface area contributed by atoms with Crippen molar-refractivity contribution in [3.05, 3.63) is 0 Å². The molecule has 3 unspecified atom stereocenters. The van der Waals surface area contributed by atoms with E-state index in [-0.39, 0.29) is 24.5 Å². The SMILES string of the molecule is CC(N)C(C)C(=O)N1CCCC(CCO)C1. The van der Waals surface area contributed by atoms with E-state index in [2.05, 4.69) is 0 Å². The van der Waals surface area contributed by atoms with E-state index in [0.29, 0.717) is 5.92 Å². The molecule has 0 radical (unpaired) electrons. The lowest BCUT2D eigenvalue weighted by atomic mass is 9.93. The fraction of sp³-hybridized carbons (Fsp3) is 0.917. The molecule has 1 saturated heterocycles. The minimum atomic E-state index is -0.104. The normalized spacial score (nSPS) is 25.2. The average molecular weight is 228 g/mol. The van der Waals surface area contributed by atoms with Crippen LogP contribution in [0.1, 0.15) is 33.1 Å². The molecule has 4 nitrogen and oxygen atoms in total. The van der Waals surface area contributed by atoms with Crippen molar-refractivity contribution in [3.63, 3.8) is 0 Å². The van der Waals surface area contributed by atoms with E-state index in [1.807, 2.05) is 18.7 Å².